The van der Waals surface area contributed by atoms with Crippen LogP contribution in [0.15, 0.2) is 39.4 Å². The van der Waals surface area contributed by atoms with Crippen LogP contribution in [0.25, 0.3) is 0 Å². The molecule has 2 aromatic heterocycles. The molecule has 126 valence electrons. The average molecular weight is 334 g/mol. The molecule has 0 spiro atoms. The fourth-order valence-electron chi connectivity index (χ4n) is 2.02. The highest BCUT2D eigenvalue weighted by Crippen LogP contribution is 2.16. The van der Waals surface area contributed by atoms with Crippen molar-refractivity contribution in [3.63, 3.8) is 0 Å². The molecule has 0 aliphatic heterocycles. The summed E-state index contributed by atoms with van der Waals surface area (Å²) in [4.78, 5) is 9.01. The van der Waals surface area contributed by atoms with Crippen molar-refractivity contribution in [2.45, 2.75) is 33.1 Å². The van der Waals surface area contributed by atoms with Crippen LogP contribution in [0.2, 0.25) is 0 Å². The molecule has 0 aliphatic rings. The quantitative estimate of drug-likeness (QED) is 0.574. The summed E-state index contributed by atoms with van der Waals surface area (Å²) in [7, 11) is 0. The number of hydrogen-bond donors (Lipinski definition) is 2. The Kier molecular flexibility index (Phi) is 7.13. The summed E-state index contributed by atoms with van der Waals surface area (Å²) in [6.07, 6.45) is 4.40. The molecule has 1 atom stereocenters. The van der Waals surface area contributed by atoms with Gasteiger partial charge in [0.2, 0.25) is 0 Å². The Labute approximate surface area is 142 Å². The maximum absolute atomic E-state index is 5.35. The number of rotatable bonds is 8. The number of furan rings is 1. The molecule has 0 saturated carbocycles. The van der Waals surface area contributed by atoms with Gasteiger partial charge in [-0.25, -0.2) is 4.98 Å². The second-order valence-electron chi connectivity index (χ2n) is 5.99. The Morgan fingerprint density at radius 3 is 2.87 bits per heavy atom. The predicted octanol–water partition coefficient (Wildman–Crippen LogP) is 3.27. The lowest BCUT2D eigenvalue weighted by Gasteiger charge is -2.15. The molecule has 2 aromatic rings. The summed E-state index contributed by atoms with van der Waals surface area (Å²) in [6, 6.07) is 3.90. The third kappa shape index (κ3) is 6.44. The van der Waals surface area contributed by atoms with Gasteiger partial charge < -0.3 is 15.1 Å². The van der Waals surface area contributed by atoms with Gasteiger partial charge >= 0.3 is 0 Å². The van der Waals surface area contributed by atoms with Crippen LogP contribution in [0, 0.1) is 5.92 Å². The van der Waals surface area contributed by atoms with Gasteiger partial charge in [0.25, 0.3) is 0 Å². The highest BCUT2D eigenvalue weighted by atomic mass is 32.1. The lowest BCUT2D eigenvalue weighted by molar-refractivity contribution is 0.506. The highest BCUT2D eigenvalue weighted by molar-refractivity contribution is 7.09. The molecule has 0 amide bonds. The van der Waals surface area contributed by atoms with E-state index < -0.39 is 0 Å². The number of aliphatic imine (C=N–C) groups is 1. The first-order valence-electron chi connectivity index (χ1n) is 8.09. The molecular weight excluding hydrogens is 308 g/mol. The molecule has 2 rings (SSSR count). The third-order valence-corrected chi connectivity index (χ3v) is 4.31. The zero-order chi connectivity index (χ0) is 16.5. The molecule has 0 saturated heterocycles. The lowest BCUT2D eigenvalue weighted by Crippen LogP contribution is -2.40. The molecule has 0 aliphatic carbocycles. The minimum atomic E-state index is 0.367. The van der Waals surface area contributed by atoms with Crippen molar-refractivity contribution < 1.29 is 4.42 Å². The van der Waals surface area contributed by atoms with Gasteiger partial charge in [-0.15, -0.1) is 11.3 Å². The average Bonchev–Trinajstić information content (AvgIpc) is 3.21. The zero-order valence-corrected chi connectivity index (χ0v) is 14.9. The summed E-state index contributed by atoms with van der Waals surface area (Å²) < 4.78 is 5.35. The van der Waals surface area contributed by atoms with E-state index in [9.17, 15) is 0 Å². The molecule has 6 heteroatoms. The summed E-state index contributed by atoms with van der Waals surface area (Å²) in [6.45, 7) is 8.93. The van der Waals surface area contributed by atoms with E-state index in [1.807, 2.05) is 23.7 Å². The molecule has 23 heavy (non-hydrogen) atoms. The normalized spacial score (nSPS) is 13.3. The first kappa shape index (κ1) is 17.5. The van der Waals surface area contributed by atoms with Gasteiger partial charge in [-0.05, 0) is 18.1 Å². The van der Waals surface area contributed by atoms with Crippen LogP contribution in [-0.4, -0.2) is 30.6 Å². The number of thiazole rings is 1. The molecular formula is C17H26N4OS. The van der Waals surface area contributed by atoms with Crippen molar-refractivity contribution in [3.8, 4) is 0 Å². The molecule has 1 unspecified atom stereocenters. The number of aromatic nitrogens is 1. The van der Waals surface area contributed by atoms with Crippen molar-refractivity contribution >= 4 is 17.3 Å². The van der Waals surface area contributed by atoms with Crippen LogP contribution < -0.4 is 10.6 Å². The third-order valence-electron chi connectivity index (χ3n) is 3.31. The first-order chi connectivity index (χ1) is 11.1. The Bertz CT molecular complexity index is 563. The van der Waals surface area contributed by atoms with Crippen LogP contribution in [0.1, 0.15) is 37.5 Å². The van der Waals surface area contributed by atoms with E-state index in [2.05, 4.69) is 41.4 Å². The largest absolute Gasteiger partial charge is 0.469 e. The topological polar surface area (TPSA) is 62.5 Å². The van der Waals surface area contributed by atoms with Crippen molar-refractivity contribution in [3.05, 3.63) is 40.7 Å². The van der Waals surface area contributed by atoms with Crippen molar-refractivity contribution in [1.82, 2.24) is 15.6 Å². The minimum absolute atomic E-state index is 0.367. The van der Waals surface area contributed by atoms with E-state index in [4.69, 9.17) is 4.42 Å². The van der Waals surface area contributed by atoms with Gasteiger partial charge in [-0.3, -0.25) is 4.99 Å². The highest BCUT2D eigenvalue weighted by Gasteiger charge is 2.09. The van der Waals surface area contributed by atoms with Crippen LogP contribution in [-0.2, 0) is 6.42 Å². The zero-order valence-electron chi connectivity index (χ0n) is 14.1. The van der Waals surface area contributed by atoms with Crippen LogP contribution >= 0.6 is 11.3 Å². The molecule has 5 nitrogen and oxygen atoms in total. The van der Waals surface area contributed by atoms with Gasteiger partial charge in [0, 0.05) is 43.5 Å². The minimum Gasteiger partial charge on any atom is -0.469 e. The Morgan fingerprint density at radius 1 is 1.35 bits per heavy atom. The number of nitrogens with one attached hydrogen (secondary N) is 2. The van der Waals surface area contributed by atoms with E-state index in [1.54, 1.807) is 17.6 Å². The summed E-state index contributed by atoms with van der Waals surface area (Å²) in [5, 5.41) is 9.96. The second-order valence-corrected chi connectivity index (χ2v) is 6.92. The van der Waals surface area contributed by atoms with Crippen LogP contribution in [0.3, 0.4) is 0 Å². The van der Waals surface area contributed by atoms with E-state index in [-0.39, 0.29) is 0 Å². The van der Waals surface area contributed by atoms with E-state index in [1.165, 1.54) is 0 Å². The SMILES string of the molecule is CC(C)CN=C(NCCc1ccco1)NCC(C)c1nccs1. The molecule has 0 fully saturated rings. The molecule has 2 heterocycles. The Balaban J connectivity index is 1.82. The number of nitrogens with zero attached hydrogens (tertiary/aromatic N) is 2. The monoisotopic (exact) mass is 334 g/mol. The summed E-state index contributed by atoms with van der Waals surface area (Å²) >= 11 is 1.69. The van der Waals surface area contributed by atoms with Gasteiger partial charge in [0.1, 0.15) is 5.76 Å². The molecule has 0 aromatic carbocycles. The fourth-order valence-corrected chi connectivity index (χ4v) is 2.72. The number of hydrogen-bond acceptors (Lipinski definition) is 4. The standard InChI is InChI=1S/C17H26N4OS/c1-13(2)11-20-17(19-7-6-15-5-4-9-22-15)21-12-14(3)16-18-8-10-23-16/h4-5,8-10,13-14H,6-7,11-12H2,1-3H3,(H2,19,20,21). The molecule has 2 N–H and O–H groups in total. The lowest BCUT2D eigenvalue weighted by atomic mass is 10.2. The summed E-state index contributed by atoms with van der Waals surface area (Å²) in [5.74, 6) is 2.74. The van der Waals surface area contributed by atoms with E-state index in [0.29, 0.717) is 11.8 Å². The predicted molar refractivity (Wildman–Crippen MR) is 96.1 cm³/mol. The maximum atomic E-state index is 5.35. The van der Waals surface area contributed by atoms with Gasteiger partial charge in [0.05, 0.1) is 11.3 Å². The maximum Gasteiger partial charge on any atom is 0.191 e. The second kappa shape index (κ2) is 9.35. The smallest absolute Gasteiger partial charge is 0.191 e. The Morgan fingerprint density at radius 2 is 2.22 bits per heavy atom. The van der Waals surface area contributed by atoms with E-state index >= 15 is 0 Å². The van der Waals surface area contributed by atoms with E-state index in [0.717, 1.165) is 42.8 Å². The first-order valence-corrected chi connectivity index (χ1v) is 8.97. The summed E-state index contributed by atoms with van der Waals surface area (Å²) in [5.41, 5.74) is 0. The van der Waals surface area contributed by atoms with Gasteiger partial charge in [0.15, 0.2) is 5.96 Å². The fraction of sp³-hybridized carbons (Fsp3) is 0.529. The van der Waals surface area contributed by atoms with Crippen molar-refractivity contribution in [2.75, 3.05) is 19.6 Å². The number of guanidine groups is 1. The Hall–Kier alpha value is -1.82. The van der Waals surface area contributed by atoms with Crippen LogP contribution in [0.5, 0.6) is 0 Å². The van der Waals surface area contributed by atoms with Crippen molar-refractivity contribution in [2.24, 2.45) is 10.9 Å². The molecule has 0 bridgehead atoms. The van der Waals surface area contributed by atoms with Crippen molar-refractivity contribution in [1.29, 1.82) is 0 Å². The molecule has 0 radical (unpaired) electrons. The van der Waals surface area contributed by atoms with Gasteiger partial charge in [-0.1, -0.05) is 20.8 Å². The van der Waals surface area contributed by atoms with Gasteiger partial charge in [-0.2, -0.15) is 0 Å². The van der Waals surface area contributed by atoms with Crippen LogP contribution in [0.4, 0.5) is 0 Å².